The van der Waals surface area contributed by atoms with Gasteiger partial charge in [-0.2, -0.15) is 0 Å². The third kappa shape index (κ3) is 4.76. The van der Waals surface area contributed by atoms with Crippen LogP contribution < -0.4 is 4.90 Å². The van der Waals surface area contributed by atoms with Crippen LogP contribution in [0.5, 0.6) is 0 Å². The SMILES string of the molecule is c1ccc(-c2cccc(N(c3ccc(-c4ccc5c(ccc6ccccc65)c4)cc3)c3cccc4c3sc3c5ccccc5ccc43)c2)cc1. The number of hydrogen-bond donors (Lipinski definition) is 0. The van der Waals surface area contributed by atoms with Crippen molar-refractivity contribution >= 4 is 80.9 Å². The first-order valence-electron chi connectivity index (χ1n) is 17.1. The monoisotopic (exact) mass is 653 g/mol. The van der Waals surface area contributed by atoms with Gasteiger partial charge in [0.1, 0.15) is 0 Å². The lowest BCUT2D eigenvalue weighted by Crippen LogP contribution is -2.10. The molecule has 0 aliphatic carbocycles. The Bertz CT molecular complexity index is 2870. The molecule has 0 saturated heterocycles. The van der Waals surface area contributed by atoms with Crippen molar-refractivity contribution in [2.24, 2.45) is 0 Å². The molecule has 0 aliphatic heterocycles. The van der Waals surface area contributed by atoms with Crippen LogP contribution in [0.1, 0.15) is 0 Å². The number of anilines is 3. The summed E-state index contributed by atoms with van der Waals surface area (Å²) in [6.07, 6.45) is 0. The molecule has 0 spiro atoms. The summed E-state index contributed by atoms with van der Waals surface area (Å²) >= 11 is 1.90. The Labute approximate surface area is 294 Å². The number of hydrogen-bond acceptors (Lipinski definition) is 2. The fourth-order valence-corrected chi connectivity index (χ4v) is 8.91. The largest absolute Gasteiger partial charge is 0.309 e. The first kappa shape index (κ1) is 28.8. The van der Waals surface area contributed by atoms with E-state index < -0.39 is 0 Å². The molecule has 0 atom stereocenters. The molecule has 9 aromatic carbocycles. The highest BCUT2D eigenvalue weighted by molar-refractivity contribution is 7.27. The Hall–Kier alpha value is -6.22. The molecule has 0 aliphatic rings. The van der Waals surface area contributed by atoms with E-state index in [1.807, 2.05) is 11.3 Å². The van der Waals surface area contributed by atoms with Crippen LogP contribution >= 0.6 is 11.3 Å². The second-order valence-electron chi connectivity index (χ2n) is 12.9. The van der Waals surface area contributed by atoms with Gasteiger partial charge < -0.3 is 4.90 Å². The lowest BCUT2D eigenvalue weighted by Gasteiger charge is -2.27. The van der Waals surface area contributed by atoms with E-state index in [1.54, 1.807) is 0 Å². The normalized spacial score (nSPS) is 11.6. The first-order valence-corrected chi connectivity index (χ1v) is 17.9. The zero-order valence-electron chi connectivity index (χ0n) is 27.3. The van der Waals surface area contributed by atoms with Gasteiger partial charge in [0.15, 0.2) is 0 Å². The average Bonchev–Trinajstić information content (AvgIpc) is 3.59. The van der Waals surface area contributed by atoms with E-state index in [0.29, 0.717) is 0 Å². The van der Waals surface area contributed by atoms with E-state index in [9.17, 15) is 0 Å². The molecule has 1 aromatic heterocycles. The number of fused-ring (bicyclic) bond motifs is 8. The van der Waals surface area contributed by atoms with Crippen molar-refractivity contribution in [1.29, 1.82) is 0 Å². The van der Waals surface area contributed by atoms with Gasteiger partial charge in [0.2, 0.25) is 0 Å². The molecule has 10 aromatic rings. The molecule has 0 N–H and O–H groups in total. The Morgan fingerprint density at radius 1 is 0.300 bits per heavy atom. The maximum atomic E-state index is 2.43. The predicted molar refractivity (Wildman–Crippen MR) is 217 cm³/mol. The standard InChI is InChI=1S/C48H31NS/c1-2-10-32(11-3-1)36-14-8-15-40(31-36)49(46-19-9-18-44-45-29-24-35-13-5-7-17-43(35)47(45)50-48(44)46)39-26-22-33(23-27-39)37-25-28-42-38(30-37)21-20-34-12-4-6-16-41(34)42/h1-31H. The molecular formula is C48H31NS. The second-order valence-corrected chi connectivity index (χ2v) is 14.0. The molecule has 0 bridgehead atoms. The van der Waals surface area contributed by atoms with Crippen LogP contribution in [0.2, 0.25) is 0 Å². The Morgan fingerprint density at radius 3 is 1.72 bits per heavy atom. The van der Waals surface area contributed by atoms with Crippen LogP contribution in [-0.4, -0.2) is 0 Å². The Balaban J connectivity index is 1.14. The van der Waals surface area contributed by atoms with Crippen molar-refractivity contribution < 1.29 is 0 Å². The minimum absolute atomic E-state index is 1.13. The summed E-state index contributed by atoms with van der Waals surface area (Å²) in [6.45, 7) is 0. The second kappa shape index (κ2) is 11.7. The van der Waals surface area contributed by atoms with Crippen LogP contribution in [0.3, 0.4) is 0 Å². The van der Waals surface area contributed by atoms with E-state index in [2.05, 4.69) is 193 Å². The number of rotatable bonds is 5. The van der Waals surface area contributed by atoms with Gasteiger partial charge in [-0.1, -0.05) is 152 Å². The van der Waals surface area contributed by atoms with Gasteiger partial charge in [-0.15, -0.1) is 11.3 Å². The zero-order valence-corrected chi connectivity index (χ0v) is 28.1. The van der Waals surface area contributed by atoms with Gasteiger partial charge >= 0.3 is 0 Å². The molecule has 0 unspecified atom stereocenters. The van der Waals surface area contributed by atoms with Gasteiger partial charge in [-0.05, 0) is 91.0 Å². The molecule has 1 nitrogen and oxygen atoms in total. The van der Waals surface area contributed by atoms with Crippen LogP contribution in [0.15, 0.2) is 188 Å². The highest BCUT2D eigenvalue weighted by Crippen LogP contribution is 2.47. The minimum Gasteiger partial charge on any atom is -0.309 e. The predicted octanol–water partition coefficient (Wildman–Crippen LogP) is 14.3. The highest BCUT2D eigenvalue weighted by atomic mass is 32.1. The van der Waals surface area contributed by atoms with E-state index in [1.165, 1.54) is 80.4 Å². The van der Waals surface area contributed by atoms with E-state index in [4.69, 9.17) is 0 Å². The summed E-state index contributed by atoms with van der Waals surface area (Å²) in [5.74, 6) is 0. The van der Waals surface area contributed by atoms with Crippen LogP contribution in [0.4, 0.5) is 17.1 Å². The highest BCUT2D eigenvalue weighted by Gasteiger charge is 2.19. The first-order chi connectivity index (χ1) is 24.8. The van der Waals surface area contributed by atoms with Crippen molar-refractivity contribution in [1.82, 2.24) is 0 Å². The van der Waals surface area contributed by atoms with Crippen LogP contribution in [-0.2, 0) is 0 Å². The molecule has 0 saturated carbocycles. The lowest BCUT2D eigenvalue weighted by molar-refractivity contribution is 1.30. The quantitative estimate of drug-likeness (QED) is 0.167. The molecule has 10 rings (SSSR count). The fourth-order valence-electron chi connectivity index (χ4n) is 7.57. The van der Waals surface area contributed by atoms with E-state index in [-0.39, 0.29) is 0 Å². The maximum Gasteiger partial charge on any atom is 0.0640 e. The molecular weight excluding hydrogens is 623 g/mol. The summed E-state index contributed by atoms with van der Waals surface area (Å²) in [4.78, 5) is 2.43. The topological polar surface area (TPSA) is 3.24 Å². The molecule has 1 heterocycles. The lowest BCUT2D eigenvalue weighted by atomic mass is 9.97. The van der Waals surface area contributed by atoms with Gasteiger partial charge in [0.05, 0.1) is 10.4 Å². The number of benzene rings is 9. The Morgan fingerprint density at radius 2 is 0.860 bits per heavy atom. The third-order valence-electron chi connectivity index (χ3n) is 10.0. The van der Waals surface area contributed by atoms with Crippen molar-refractivity contribution in [2.45, 2.75) is 0 Å². The zero-order chi connectivity index (χ0) is 33.0. The van der Waals surface area contributed by atoms with Crippen molar-refractivity contribution in [2.75, 3.05) is 4.90 Å². The third-order valence-corrected chi connectivity index (χ3v) is 11.3. The van der Waals surface area contributed by atoms with Gasteiger partial charge in [-0.25, -0.2) is 0 Å². The molecule has 0 amide bonds. The summed E-state index contributed by atoms with van der Waals surface area (Å²) in [7, 11) is 0. The summed E-state index contributed by atoms with van der Waals surface area (Å²) in [5.41, 5.74) is 8.27. The van der Waals surface area contributed by atoms with E-state index >= 15 is 0 Å². The smallest absolute Gasteiger partial charge is 0.0640 e. The van der Waals surface area contributed by atoms with E-state index in [0.717, 1.165) is 11.4 Å². The van der Waals surface area contributed by atoms with Crippen LogP contribution in [0, 0.1) is 0 Å². The van der Waals surface area contributed by atoms with Crippen molar-refractivity contribution in [3.05, 3.63) is 188 Å². The molecule has 0 radical (unpaired) electrons. The summed E-state index contributed by atoms with van der Waals surface area (Å²) < 4.78 is 2.62. The van der Waals surface area contributed by atoms with Gasteiger partial charge in [-0.3, -0.25) is 0 Å². The van der Waals surface area contributed by atoms with Crippen molar-refractivity contribution in [3.63, 3.8) is 0 Å². The van der Waals surface area contributed by atoms with Crippen molar-refractivity contribution in [3.8, 4) is 22.3 Å². The maximum absolute atomic E-state index is 2.43. The summed E-state index contributed by atoms with van der Waals surface area (Å²) in [5, 5.41) is 10.3. The molecule has 0 fully saturated rings. The molecule has 234 valence electrons. The average molecular weight is 654 g/mol. The Kier molecular flexibility index (Phi) is 6.75. The number of thiophene rings is 1. The van der Waals surface area contributed by atoms with Gasteiger partial charge in [0, 0.05) is 26.8 Å². The minimum atomic E-state index is 1.13. The van der Waals surface area contributed by atoms with Gasteiger partial charge in [0.25, 0.3) is 0 Å². The summed E-state index contributed by atoms with van der Waals surface area (Å²) in [6, 6.07) is 68.7. The molecule has 50 heavy (non-hydrogen) atoms. The fraction of sp³-hybridized carbons (Fsp3) is 0. The number of nitrogens with zero attached hydrogens (tertiary/aromatic N) is 1. The van der Waals surface area contributed by atoms with Crippen LogP contribution in [0.25, 0.3) is 74.7 Å². The molecule has 2 heteroatoms.